The monoisotopic (exact) mass is 360 g/mol. The maximum atomic E-state index is 13.5. The number of halogens is 1. The molecule has 1 aromatic heterocycles. The van der Waals surface area contributed by atoms with E-state index in [1.165, 1.54) is 18.6 Å². The number of ether oxygens (including phenoxy) is 1. The summed E-state index contributed by atoms with van der Waals surface area (Å²) in [5, 5.41) is 0. The molecule has 3 atom stereocenters. The fraction of sp³-hybridized carbons (Fsp3) is 0.619. The molecule has 26 heavy (non-hydrogen) atoms. The molecule has 0 bridgehead atoms. The fourth-order valence-electron chi connectivity index (χ4n) is 4.18. The van der Waals surface area contributed by atoms with E-state index in [0.29, 0.717) is 29.7 Å². The lowest BCUT2D eigenvalue weighted by Gasteiger charge is -2.36. The number of hydrogen-bond donors (Lipinski definition) is 0. The summed E-state index contributed by atoms with van der Waals surface area (Å²) in [5.74, 6) is 1.75. The molecule has 1 aliphatic rings. The number of aryl methyl sites for hydroxylation is 1. The Morgan fingerprint density at radius 1 is 1.38 bits per heavy atom. The van der Waals surface area contributed by atoms with Crippen LogP contribution in [0.4, 0.5) is 4.39 Å². The maximum absolute atomic E-state index is 13.5. The van der Waals surface area contributed by atoms with Gasteiger partial charge in [-0.2, -0.15) is 0 Å². The van der Waals surface area contributed by atoms with Crippen LogP contribution in [0.1, 0.15) is 52.8 Å². The lowest BCUT2D eigenvalue weighted by atomic mass is 9.75. The van der Waals surface area contributed by atoms with Crippen LogP contribution in [0.25, 0.3) is 11.0 Å². The van der Waals surface area contributed by atoms with Crippen molar-refractivity contribution in [3.05, 3.63) is 29.8 Å². The molecule has 142 valence electrons. The number of aromatic nitrogens is 2. The van der Waals surface area contributed by atoms with E-state index in [-0.39, 0.29) is 24.4 Å². The Kier molecular flexibility index (Phi) is 5.64. The van der Waals surface area contributed by atoms with Gasteiger partial charge in [-0.3, -0.25) is 4.79 Å². The number of hydrogen-bond acceptors (Lipinski definition) is 3. The Labute approximate surface area is 154 Å². The van der Waals surface area contributed by atoms with Gasteiger partial charge in [0.25, 0.3) is 0 Å². The van der Waals surface area contributed by atoms with Crippen molar-refractivity contribution in [3.8, 4) is 0 Å². The third kappa shape index (κ3) is 3.92. The van der Waals surface area contributed by atoms with Crippen LogP contribution in [0.5, 0.6) is 0 Å². The van der Waals surface area contributed by atoms with E-state index in [9.17, 15) is 9.18 Å². The summed E-state index contributed by atoms with van der Waals surface area (Å²) in [7, 11) is 0. The van der Waals surface area contributed by atoms with E-state index in [1.54, 1.807) is 6.07 Å². The summed E-state index contributed by atoms with van der Waals surface area (Å²) in [6, 6.07) is 4.50. The van der Waals surface area contributed by atoms with E-state index in [1.807, 2.05) is 11.5 Å². The molecule has 0 radical (unpaired) electrons. The third-order valence-corrected chi connectivity index (χ3v) is 5.64. The van der Waals surface area contributed by atoms with Crippen molar-refractivity contribution in [1.29, 1.82) is 0 Å². The summed E-state index contributed by atoms with van der Waals surface area (Å²) in [4.78, 5) is 17.1. The minimum absolute atomic E-state index is 0.0106. The molecule has 1 saturated carbocycles. The topological polar surface area (TPSA) is 44.1 Å². The second-order valence-electron chi connectivity index (χ2n) is 7.96. The molecule has 1 aliphatic carbocycles. The molecule has 1 unspecified atom stereocenters. The first kappa shape index (κ1) is 18.9. The van der Waals surface area contributed by atoms with Gasteiger partial charge in [-0.05, 0) is 42.7 Å². The number of rotatable bonds is 5. The van der Waals surface area contributed by atoms with Gasteiger partial charge in [-0.1, -0.05) is 34.1 Å². The van der Waals surface area contributed by atoms with Gasteiger partial charge in [0.15, 0.2) is 0 Å². The van der Waals surface area contributed by atoms with Gasteiger partial charge < -0.3 is 9.30 Å². The molecular formula is C21H29FN2O2. The largest absolute Gasteiger partial charge is 0.461 e. The molecule has 0 saturated heterocycles. The zero-order valence-corrected chi connectivity index (χ0v) is 16.2. The Hall–Kier alpha value is -1.91. The molecule has 2 aromatic rings. The summed E-state index contributed by atoms with van der Waals surface area (Å²) in [6.45, 7) is 8.74. The highest BCUT2D eigenvalue weighted by Gasteiger charge is 2.33. The molecule has 0 aliphatic heterocycles. The van der Waals surface area contributed by atoms with Gasteiger partial charge in [-0.15, -0.1) is 0 Å². The number of fused-ring (bicyclic) bond motifs is 1. The minimum atomic E-state index is -0.316. The first-order chi connectivity index (χ1) is 12.4. The summed E-state index contributed by atoms with van der Waals surface area (Å²) < 4.78 is 21.2. The van der Waals surface area contributed by atoms with Gasteiger partial charge in [0, 0.05) is 12.5 Å². The van der Waals surface area contributed by atoms with Crippen molar-refractivity contribution in [2.24, 2.45) is 17.8 Å². The Morgan fingerprint density at radius 2 is 2.15 bits per heavy atom. The average Bonchev–Trinajstić information content (AvgIpc) is 2.91. The first-order valence-corrected chi connectivity index (χ1v) is 9.73. The molecule has 0 spiro atoms. The molecule has 3 rings (SSSR count). The summed E-state index contributed by atoms with van der Waals surface area (Å²) >= 11 is 0. The maximum Gasteiger partial charge on any atom is 0.326 e. The standard InChI is InChI=1S/C21H29FN2O2/c1-5-20-23-17-11-15(22)7-9-18(17)24(20)12-21(25)26-19-10-14(4)6-8-16(19)13(2)3/h7,9,11,13-14,16,19H,5-6,8,10,12H2,1-4H3/t14-,16+,19?/m1/s1. The highest BCUT2D eigenvalue weighted by Crippen LogP contribution is 2.35. The zero-order chi connectivity index (χ0) is 18.8. The number of nitrogens with zero attached hydrogens (tertiary/aromatic N) is 2. The molecule has 1 aromatic carbocycles. The van der Waals surface area contributed by atoms with Gasteiger partial charge in [0.05, 0.1) is 11.0 Å². The number of carbonyl (C=O) groups excluding carboxylic acids is 1. The fourth-order valence-corrected chi connectivity index (χ4v) is 4.18. The predicted octanol–water partition coefficient (Wildman–Crippen LogP) is 4.74. The van der Waals surface area contributed by atoms with Crippen molar-refractivity contribution in [3.63, 3.8) is 0 Å². The van der Waals surface area contributed by atoms with Crippen LogP contribution in [-0.2, 0) is 22.5 Å². The minimum Gasteiger partial charge on any atom is -0.461 e. The SMILES string of the molecule is CCc1nc2cc(F)ccc2n1CC(=O)OC1C[C@H](C)CC[C@H]1C(C)C. The van der Waals surface area contributed by atoms with Crippen molar-refractivity contribution in [2.45, 2.75) is 66.0 Å². The van der Waals surface area contributed by atoms with Crippen molar-refractivity contribution in [1.82, 2.24) is 9.55 Å². The molecule has 4 nitrogen and oxygen atoms in total. The first-order valence-electron chi connectivity index (χ1n) is 9.73. The Balaban J connectivity index is 1.78. The van der Waals surface area contributed by atoms with E-state index < -0.39 is 0 Å². The Morgan fingerprint density at radius 3 is 2.85 bits per heavy atom. The van der Waals surface area contributed by atoms with Crippen molar-refractivity contribution >= 4 is 17.0 Å². The zero-order valence-electron chi connectivity index (χ0n) is 16.2. The molecule has 1 fully saturated rings. The van der Waals surface area contributed by atoms with Crippen molar-refractivity contribution < 1.29 is 13.9 Å². The molecule has 0 amide bonds. The van der Waals surface area contributed by atoms with Gasteiger partial charge in [0.2, 0.25) is 0 Å². The number of imidazole rings is 1. The van der Waals surface area contributed by atoms with Crippen LogP contribution in [0.15, 0.2) is 18.2 Å². The molecule has 0 N–H and O–H groups in total. The van der Waals surface area contributed by atoms with Crippen LogP contribution in [0.3, 0.4) is 0 Å². The normalized spacial score (nSPS) is 23.5. The Bertz CT molecular complexity index is 784. The van der Waals surface area contributed by atoms with Gasteiger partial charge in [-0.25, -0.2) is 9.37 Å². The van der Waals surface area contributed by atoms with E-state index in [0.717, 1.165) is 24.2 Å². The lowest BCUT2D eigenvalue weighted by Crippen LogP contribution is -2.36. The molecular weight excluding hydrogens is 331 g/mol. The van der Waals surface area contributed by atoms with Gasteiger partial charge >= 0.3 is 5.97 Å². The second-order valence-corrected chi connectivity index (χ2v) is 7.96. The van der Waals surface area contributed by atoms with Crippen LogP contribution in [-0.4, -0.2) is 21.6 Å². The quantitative estimate of drug-likeness (QED) is 0.723. The highest BCUT2D eigenvalue weighted by atomic mass is 19.1. The summed E-state index contributed by atoms with van der Waals surface area (Å²) in [6.07, 6.45) is 3.92. The lowest BCUT2D eigenvalue weighted by molar-refractivity contribution is -0.156. The smallest absolute Gasteiger partial charge is 0.326 e. The average molecular weight is 360 g/mol. The van der Waals surface area contributed by atoms with E-state index >= 15 is 0 Å². The van der Waals surface area contributed by atoms with Crippen LogP contribution >= 0.6 is 0 Å². The predicted molar refractivity (Wildman–Crippen MR) is 100 cm³/mol. The van der Waals surface area contributed by atoms with Gasteiger partial charge in [0.1, 0.15) is 24.3 Å². The number of benzene rings is 1. The highest BCUT2D eigenvalue weighted by molar-refractivity contribution is 5.79. The summed E-state index contributed by atoms with van der Waals surface area (Å²) in [5.41, 5.74) is 1.36. The second kappa shape index (κ2) is 7.77. The van der Waals surface area contributed by atoms with Crippen LogP contribution in [0, 0.1) is 23.6 Å². The number of carbonyl (C=O) groups is 1. The molecule has 1 heterocycles. The van der Waals surface area contributed by atoms with Crippen LogP contribution in [0.2, 0.25) is 0 Å². The van der Waals surface area contributed by atoms with E-state index in [2.05, 4.69) is 25.8 Å². The van der Waals surface area contributed by atoms with E-state index in [4.69, 9.17) is 4.74 Å². The van der Waals surface area contributed by atoms with Crippen molar-refractivity contribution in [2.75, 3.05) is 0 Å². The third-order valence-electron chi connectivity index (χ3n) is 5.64. The molecule has 5 heteroatoms. The van der Waals surface area contributed by atoms with Crippen LogP contribution < -0.4 is 0 Å². The number of esters is 1.